The Labute approximate surface area is 181 Å². The van der Waals surface area contributed by atoms with Crippen LogP contribution in [0.4, 0.5) is 0 Å². The van der Waals surface area contributed by atoms with Crippen LogP contribution in [0.3, 0.4) is 0 Å². The first-order chi connectivity index (χ1) is 14.4. The van der Waals surface area contributed by atoms with Crippen molar-refractivity contribution in [2.24, 2.45) is 5.41 Å². The van der Waals surface area contributed by atoms with Gasteiger partial charge in [0.15, 0.2) is 0 Å². The zero-order chi connectivity index (χ0) is 21.6. The SMILES string of the molecule is C=C(C=CC=C(C)Oc1ccccc1)CN1CCC(C)(C(=O)N2CCN(C)CC2)C1. The molecular formula is C25H35N3O2. The standard InChI is InChI=1S/C25H35N3O2/c1-21(9-8-10-22(2)30-23-11-6-5-7-12-23)19-27-14-13-25(3,20-27)24(29)28-17-15-26(4)16-18-28/h5-12H,1,13-20H2,2-4H3. The second kappa shape index (κ2) is 10.1. The number of para-hydroxylation sites is 1. The van der Waals surface area contributed by atoms with Gasteiger partial charge in [0.25, 0.3) is 0 Å². The van der Waals surface area contributed by atoms with Crippen molar-refractivity contribution < 1.29 is 9.53 Å². The molecule has 1 unspecified atom stereocenters. The minimum atomic E-state index is -0.278. The maximum absolute atomic E-state index is 13.1. The first kappa shape index (κ1) is 22.3. The largest absolute Gasteiger partial charge is 0.462 e. The maximum Gasteiger partial charge on any atom is 0.229 e. The van der Waals surface area contributed by atoms with Gasteiger partial charge >= 0.3 is 0 Å². The topological polar surface area (TPSA) is 36.0 Å². The maximum atomic E-state index is 13.1. The van der Waals surface area contributed by atoms with Crippen molar-refractivity contribution in [1.82, 2.24) is 14.7 Å². The fourth-order valence-electron chi connectivity index (χ4n) is 4.13. The number of nitrogens with zero attached hydrogens (tertiary/aromatic N) is 3. The highest BCUT2D eigenvalue weighted by Crippen LogP contribution is 2.32. The highest BCUT2D eigenvalue weighted by Gasteiger charge is 2.42. The second-order valence-electron chi connectivity index (χ2n) is 8.83. The van der Waals surface area contributed by atoms with E-state index in [1.165, 1.54) is 0 Å². The molecule has 0 saturated carbocycles. The van der Waals surface area contributed by atoms with E-state index >= 15 is 0 Å². The molecule has 0 radical (unpaired) electrons. The Morgan fingerprint density at radius 2 is 1.87 bits per heavy atom. The number of allylic oxidation sites excluding steroid dienone is 3. The van der Waals surface area contributed by atoms with E-state index in [1.807, 2.05) is 55.5 Å². The molecule has 30 heavy (non-hydrogen) atoms. The lowest BCUT2D eigenvalue weighted by Gasteiger charge is -2.37. The van der Waals surface area contributed by atoms with E-state index in [0.717, 1.165) is 69.3 Å². The summed E-state index contributed by atoms with van der Waals surface area (Å²) in [6, 6.07) is 9.76. The number of hydrogen-bond donors (Lipinski definition) is 0. The van der Waals surface area contributed by atoms with Crippen LogP contribution in [0.25, 0.3) is 0 Å². The Morgan fingerprint density at radius 3 is 2.57 bits per heavy atom. The zero-order valence-electron chi connectivity index (χ0n) is 18.6. The van der Waals surface area contributed by atoms with Gasteiger partial charge in [0.2, 0.25) is 5.91 Å². The summed E-state index contributed by atoms with van der Waals surface area (Å²) < 4.78 is 5.77. The van der Waals surface area contributed by atoms with Crippen molar-refractivity contribution >= 4 is 5.91 Å². The molecular weight excluding hydrogens is 374 g/mol. The van der Waals surface area contributed by atoms with E-state index in [2.05, 4.69) is 35.3 Å². The summed E-state index contributed by atoms with van der Waals surface area (Å²) in [4.78, 5) is 19.8. The van der Waals surface area contributed by atoms with Gasteiger partial charge in [0.05, 0.1) is 5.41 Å². The van der Waals surface area contributed by atoms with Crippen molar-refractivity contribution in [1.29, 1.82) is 0 Å². The van der Waals surface area contributed by atoms with Crippen molar-refractivity contribution in [3.8, 4) is 5.75 Å². The van der Waals surface area contributed by atoms with Crippen LogP contribution in [0.2, 0.25) is 0 Å². The van der Waals surface area contributed by atoms with E-state index in [0.29, 0.717) is 5.91 Å². The number of carbonyl (C=O) groups excluding carboxylic acids is 1. The molecule has 162 valence electrons. The molecule has 2 heterocycles. The number of rotatable bonds is 7. The normalized spacial score (nSPS) is 23.8. The third kappa shape index (κ3) is 6.07. The van der Waals surface area contributed by atoms with Gasteiger partial charge in [-0.05, 0) is 57.6 Å². The van der Waals surface area contributed by atoms with Crippen LogP contribution in [0, 0.1) is 5.41 Å². The van der Waals surface area contributed by atoms with Gasteiger partial charge in [-0.1, -0.05) is 36.9 Å². The number of likely N-dealkylation sites (tertiary alicyclic amines) is 1. The molecule has 0 spiro atoms. The highest BCUT2D eigenvalue weighted by atomic mass is 16.5. The van der Waals surface area contributed by atoms with E-state index < -0.39 is 0 Å². The summed E-state index contributed by atoms with van der Waals surface area (Å²) in [5.41, 5.74) is 0.759. The summed E-state index contributed by atoms with van der Waals surface area (Å²) in [7, 11) is 2.12. The average molecular weight is 410 g/mol. The summed E-state index contributed by atoms with van der Waals surface area (Å²) in [5, 5.41) is 0. The third-order valence-electron chi connectivity index (χ3n) is 5.97. The number of carbonyl (C=O) groups is 1. The van der Waals surface area contributed by atoms with E-state index in [-0.39, 0.29) is 5.41 Å². The Morgan fingerprint density at radius 1 is 1.17 bits per heavy atom. The number of ether oxygens (including phenoxy) is 1. The number of likely N-dealkylation sites (N-methyl/N-ethyl adjacent to an activating group) is 1. The molecule has 3 rings (SSSR count). The smallest absolute Gasteiger partial charge is 0.229 e. The fraction of sp³-hybridized carbons (Fsp3) is 0.480. The molecule has 0 aliphatic carbocycles. The molecule has 0 aromatic heterocycles. The quantitative estimate of drug-likeness (QED) is 0.510. The molecule has 1 aromatic rings. The Kier molecular flexibility index (Phi) is 7.51. The Bertz CT molecular complexity index is 794. The number of piperazine rings is 1. The van der Waals surface area contributed by atoms with Gasteiger partial charge in [0, 0.05) is 39.3 Å². The first-order valence-electron chi connectivity index (χ1n) is 10.8. The van der Waals surface area contributed by atoms with Gasteiger partial charge in [-0.25, -0.2) is 0 Å². The van der Waals surface area contributed by atoms with Crippen LogP contribution in [0.1, 0.15) is 20.3 Å². The molecule has 5 heteroatoms. The van der Waals surface area contributed by atoms with Crippen LogP contribution < -0.4 is 4.74 Å². The van der Waals surface area contributed by atoms with Crippen LogP contribution in [0.5, 0.6) is 5.75 Å². The van der Waals surface area contributed by atoms with Crippen LogP contribution >= 0.6 is 0 Å². The highest BCUT2D eigenvalue weighted by molar-refractivity contribution is 5.83. The monoisotopic (exact) mass is 409 g/mol. The summed E-state index contributed by atoms with van der Waals surface area (Å²) in [6.07, 6.45) is 6.86. The molecule has 2 aliphatic heterocycles. The Balaban J connectivity index is 1.46. The summed E-state index contributed by atoms with van der Waals surface area (Å²) in [5.74, 6) is 1.98. The number of amides is 1. The third-order valence-corrected chi connectivity index (χ3v) is 5.97. The van der Waals surface area contributed by atoms with Crippen LogP contribution in [-0.2, 0) is 4.79 Å². The molecule has 1 atom stereocenters. The lowest BCUT2D eigenvalue weighted by molar-refractivity contribution is -0.142. The molecule has 2 aliphatic rings. The molecule has 2 fully saturated rings. The van der Waals surface area contributed by atoms with Gasteiger partial charge in [-0.2, -0.15) is 0 Å². The minimum Gasteiger partial charge on any atom is -0.462 e. The van der Waals surface area contributed by atoms with Crippen molar-refractivity contribution in [2.75, 3.05) is 52.9 Å². The van der Waals surface area contributed by atoms with E-state index in [4.69, 9.17) is 4.74 Å². The van der Waals surface area contributed by atoms with Crippen molar-refractivity contribution in [3.05, 3.63) is 66.5 Å². The Hall–Kier alpha value is -2.37. The van der Waals surface area contributed by atoms with Crippen LogP contribution in [0.15, 0.2) is 66.5 Å². The lowest BCUT2D eigenvalue weighted by Crippen LogP contribution is -2.52. The molecule has 0 bridgehead atoms. The predicted molar refractivity (Wildman–Crippen MR) is 122 cm³/mol. The molecule has 5 nitrogen and oxygen atoms in total. The van der Waals surface area contributed by atoms with E-state index in [9.17, 15) is 4.79 Å². The van der Waals surface area contributed by atoms with Gasteiger partial charge in [0.1, 0.15) is 11.5 Å². The summed E-state index contributed by atoms with van der Waals surface area (Å²) >= 11 is 0. The zero-order valence-corrected chi connectivity index (χ0v) is 18.6. The predicted octanol–water partition coefficient (Wildman–Crippen LogP) is 3.57. The number of benzene rings is 1. The van der Waals surface area contributed by atoms with Crippen molar-refractivity contribution in [2.45, 2.75) is 20.3 Å². The molecule has 1 amide bonds. The lowest BCUT2D eigenvalue weighted by atomic mass is 9.87. The fourth-order valence-corrected chi connectivity index (χ4v) is 4.13. The molecule has 1 aromatic carbocycles. The van der Waals surface area contributed by atoms with Crippen LogP contribution in [-0.4, -0.2) is 73.5 Å². The minimum absolute atomic E-state index is 0.278. The van der Waals surface area contributed by atoms with Crippen molar-refractivity contribution in [3.63, 3.8) is 0 Å². The first-order valence-corrected chi connectivity index (χ1v) is 10.8. The average Bonchev–Trinajstić information content (AvgIpc) is 3.10. The number of hydrogen-bond acceptors (Lipinski definition) is 4. The molecule has 2 saturated heterocycles. The second-order valence-corrected chi connectivity index (χ2v) is 8.83. The van der Waals surface area contributed by atoms with Gasteiger partial charge < -0.3 is 14.5 Å². The van der Waals surface area contributed by atoms with Gasteiger partial charge in [-0.3, -0.25) is 9.69 Å². The van der Waals surface area contributed by atoms with E-state index in [1.54, 1.807) is 0 Å². The molecule has 0 N–H and O–H groups in total. The summed E-state index contributed by atoms with van der Waals surface area (Å²) in [6.45, 7) is 14.4. The van der Waals surface area contributed by atoms with Gasteiger partial charge in [-0.15, -0.1) is 0 Å².